The lowest BCUT2D eigenvalue weighted by molar-refractivity contribution is -0.137. The maximum atomic E-state index is 12.7. The van der Waals surface area contributed by atoms with Crippen molar-refractivity contribution in [1.82, 2.24) is 30.2 Å². The number of aliphatic hydroxyl groups excluding tert-OH is 2. The molecule has 28 heteroatoms. The monoisotopic (exact) mass is 973 g/mol. The minimum absolute atomic E-state index is 0.0307. The molecule has 24 nitrogen and oxygen atoms in total. The molecular formula is C35H58N7O17P3S. The van der Waals surface area contributed by atoms with Crippen molar-refractivity contribution in [1.29, 1.82) is 0 Å². The Bertz CT molecular complexity index is 2030. The summed E-state index contributed by atoms with van der Waals surface area (Å²) in [5.41, 5.74) is 4.27. The van der Waals surface area contributed by atoms with E-state index in [2.05, 4.69) is 53.2 Å². The van der Waals surface area contributed by atoms with Crippen molar-refractivity contribution in [2.75, 3.05) is 37.8 Å². The van der Waals surface area contributed by atoms with Gasteiger partial charge in [0.2, 0.25) is 16.9 Å². The van der Waals surface area contributed by atoms with Crippen LogP contribution in [0.25, 0.3) is 11.2 Å². The quantitative estimate of drug-likeness (QED) is 0.0336. The number of nitrogens with two attached hydrogens (primary N) is 1. The van der Waals surface area contributed by atoms with Crippen LogP contribution in [-0.4, -0.2) is 123 Å². The molecule has 0 aliphatic carbocycles. The van der Waals surface area contributed by atoms with E-state index in [1.807, 2.05) is 0 Å². The van der Waals surface area contributed by atoms with Crippen molar-refractivity contribution in [3.8, 4) is 11.8 Å². The van der Waals surface area contributed by atoms with E-state index >= 15 is 0 Å². The summed E-state index contributed by atoms with van der Waals surface area (Å²) >= 11 is 1.05. The molecule has 1 aliphatic rings. The number of amides is 2. The second-order valence-electron chi connectivity index (χ2n) is 15.0. The van der Waals surface area contributed by atoms with E-state index in [1.54, 1.807) is 0 Å². The smallest absolute Gasteiger partial charge is 0.386 e. The summed E-state index contributed by atoms with van der Waals surface area (Å²) in [4.78, 5) is 88.0. The molecule has 356 valence electrons. The Morgan fingerprint density at radius 1 is 0.968 bits per heavy atom. The lowest BCUT2D eigenvalue weighted by Crippen LogP contribution is -2.46. The lowest BCUT2D eigenvalue weighted by atomic mass is 9.87. The van der Waals surface area contributed by atoms with E-state index < -0.39 is 84.6 Å². The third kappa shape index (κ3) is 19.2. The molecule has 0 aromatic carbocycles. The number of nitrogens with zero attached hydrogens (tertiary/aromatic N) is 4. The first-order valence-electron chi connectivity index (χ1n) is 20.1. The van der Waals surface area contributed by atoms with E-state index in [1.165, 1.54) is 52.4 Å². The fourth-order valence-corrected chi connectivity index (χ4v) is 9.35. The van der Waals surface area contributed by atoms with Gasteiger partial charge in [0.05, 0.1) is 26.0 Å². The van der Waals surface area contributed by atoms with Crippen molar-refractivity contribution in [3.63, 3.8) is 0 Å². The van der Waals surface area contributed by atoms with Crippen LogP contribution in [0.1, 0.15) is 97.6 Å². The molecule has 10 N–H and O–H groups in total. The number of phosphoric ester groups is 3. The Kier molecular flexibility index (Phi) is 22.2. The number of aliphatic hydroxyl groups is 2. The maximum absolute atomic E-state index is 12.7. The summed E-state index contributed by atoms with van der Waals surface area (Å²) in [6, 6.07) is 0. The van der Waals surface area contributed by atoms with Gasteiger partial charge < -0.3 is 50.9 Å². The number of nitrogen functional groups attached to an aromatic ring is 1. The second-order valence-corrected chi connectivity index (χ2v) is 20.4. The molecule has 3 heterocycles. The van der Waals surface area contributed by atoms with Crippen LogP contribution in [0.3, 0.4) is 0 Å². The Morgan fingerprint density at radius 3 is 2.32 bits per heavy atom. The molecule has 0 saturated carbocycles. The predicted molar refractivity (Wildman–Crippen MR) is 227 cm³/mol. The number of aromatic nitrogens is 4. The summed E-state index contributed by atoms with van der Waals surface area (Å²) in [6.45, 7) is 2.68. The fourth-order valence-electron chi connectivity index (χ4n) is 5.92. The van der Waals surface area contributed by atoms with Gasteiger partial charge in [-0.3, -0.25) is 32.5 Å². The molecule has 1 fully saturated rings. The molecule has 2 aromatic heterocycles. The molecule has 2 amide bonds. The highest BCUT2D eigenvalue weighted by Gasteiger charge is 2.50. The highest BCUT2D eigenvalue weighted by atomic mass is 32.2. The number of ether oxygens (including phenoxy) is 1. The minimum atomic E-state index is -5.58. The van der Waals surface area contributed by atoms with Gasteiger partial charge in [-0.05, 0) is 6.42 Å². The van der Waals surface area contributed by atoms with Gasteiger partial charge in [0.1, 0.15) is 36.3 Å². The molecule has 1 aliphatic heterocycles. The number of nitrogens with one attached hydrogen (secondary N) is 2. The van der Waals surface area contributed by atoms with Crippen LogP contribution >= 0.6 is 35.2 Å². The van der Waals surface area contributed by atoms with Gasteiger partial charge in [-0.2, -0.15) is 4.31 Å². The third-order valence-electron chi connectivity index (χ3n) is 9.28. The zero-order valence-electron chi connectivity index (χ0n) is 35.1. The van der Waals surface area contributed by atoms with Crippen LogP contribution in [0.4, 0.5) is 5.82 Å². The summed E-state index contributed by atoms with van der Waals surface area (Å²) in [6.07, 6.45) is 3.62. The van der Waals surface area contributed by atoms with Gasteiger partial charge in [0.25, 0.3) is 0 Å². The summed E-state index contributed by atoms with van der Waals surface area (Å²) < 4.78 is 62.3. The van der Waals surface area contributed by atoms with Gasteiger partial charge in [-0.25, -0.2) is 28.6 Å². The molecular weight excluding hydrogens is 915 g/mol. The second kappa shape index (κ2) is 25.7. The highest BCUT2D eigenvalue weighted by Crippen LogP contribution is 2.61. The molecule has 6 unspecified atom stereocenters. The number of rotatable bonds is 28. The first-order valence-corrected chi connectivity index (χ1v) is 25.6. The van der Waals surface area contributed by atoms with Gasteiger partial charge in [0.15, 0.2) is 17.7 Å². The van der Waals surface area contributed by atoms with Crippen LogP contribution in [0.15, 0.2) is 12.7 Å². The van der Waals surface area contributed by atoms with Crippen molar-refractivity contribution in [3.05, 3.63) is 12.7 Å². The SMILES string of the molecule is CCCCCCCCCCC#CCC(=O)SCCNC(=O)CCNC(=O)[C@@H](O)C(C)(C)COP(=O)(O)OP(=O)(O)OCC1OC(n2cnc3c(N)ncnc32)C(O)C1OP(=O)(O)O. The number of hydrogen-bond acceptors (Lipinski definition) is 18. The van der Waals surface area contributed by atoms with Crippen LogP contribution in [-0.2, 0) is 50.7 Å². The van der Waals surface area contributed by atoms with Crippen LogP contribution in [0.2, 0.25) is 0 Å². The number of anilines is 1. The number of hydrogen-bond donors (Lipinski definition) is 9. The van der Waals surface area contributed by atoms with Crippen LogP contribution in [0.5, 0.6) is 0 Å². The fraction of sp³-hybridized carbons (Fsp3) is 0.714. The van der Waals surface area contributed by atoms with E-state index in [-0.39, 0.29) is 48.0 Å². The number of fused-ring (bicyclic) bond motifs is 1. The molecule has 0 bridgehead atoms. The van der Waals surface area contributed by atoms with E-state index in [4.69, 9.17) is 19.5 Å². The van der Waals surface area contributed by atoms with E-state index in [0.717, 1.165) is 48.2 Å². The molecule has 0 radical (unpaired) electrons. The average Bonchev–Trinajstić information content (AvgIpc) is 3.76. The van der Waals surface area contributed by atoms with E-state index in [9.17, 15) is 57.9 Å². The Balaban J connectivity index is 1.37. The van der Waals surface area contributed by atoms with Gasteiger partial charge in [0, 0.05) is 37.1 Å². The van der Waals surface area contributed by atoms with Gasteiger partial charge >= 0.3 is 23.5 Å². The van der Waals surface area contributed by atoms with E-state index in [0.29, 0.717) is 5.75 Å². The molecule has 63 heavy (non-hydrogen) atoms. The Hall–Kier alpha value is -2.88. The Morgan fingerprint density at radius 2 is 1.63 bits per heavy atom. The van der Waals surface area contributed by atoms with Crippen molar-refractivity contribution >= 4 is 69.1 Å². The molecule has 3 rings (SSSR count). The molecule has 7 atom stereocenters. The number of unbranched alkanes of at least 4 members (excludes halogenated alkanes) is 8. The zero-order valence-corrected chi connectivity index (χ0v) is 38.6. The third-order valence-corrected chi connectivity index (χ3v) is 13.3. The number of thioether (sulfide) groups is 1. The topological polar surface area (TPSA) is 364 Å². The summed E-state index contributed by atoms with van der Waals surface area (Å²) in [5.74, 6) is 4.79. The Labute approximate surface area is 368 Å². The molecule has 0 spiro atoms. The highest BCUT2D eigenvalue weighted by molar-refractivity contribution is 8.13. The van der Waals surface area contributed by atoms with Gasteiger partial charge in [-0.15, -0.1) is 5.92 Å². The lowest BCUT2D eigenvalue weighted by Gasteiger charge is -2.30. The minimum Gasteiger partial charge on any atom is -0.386 e. The first-order chi connectivity index (χ1) is 29.6. The standard InChI is InChI=1S/C35H58N7O17P3S/c1-4-5-6-7-8-9-10-11-12-13-14-15-26(44)63-19-18-37-25(43)16-17-38-33(47)30(46)35(2,3)21-56-62(53,54)59-61(51,52)55-20-24-29(58-60(48,49)50)28(45)34(57-24)42-23-41-27-31(36)39-22-40-32(27)42/h22-24,28-30,34,45-46H,4-12,15-21H2,1-3H3,(H,37,43)(H,38,47)(H,51,52)(H,53,54)(H2,36,39,40)(H2,48,49,50)/t24?,28?,29?,30-,34?/m1/s1. The van der Waals surface area contributed by atoms with Crippen LogP contribution < -0.4 is 16.4 Å². The summed E-state index contributed by atoms with van der Waals surface area (Å²) in [5, 5.41) is 26.4. The normalized spacial score (nSPS) is 20.3. The average molecular weight is 974 g/mol. The van der Waals surface area contributed by atoms with Crippen molar-refractivity contribution in [2.45, 2.75) is 122 Å². The number of imidazole rings is 1. The number of phosphoric acid groups is 3. The summed E-state index contributed by atoms with van der Waals surface area (Å²) in [7, 11) is -16.4. The first kappa shape index (κ1) is 54.5. The van der Waals surface area contributed by atoms with Crippen LogP contribution in [0, 0.1) is 17.3 Å². The van der Waals surface area contributed by atoms with Crippen molar-refractivity contribution < 1.29 is 80.5 Å². The molecule has 1 saturated heterocycles. The van der Waals surface area contributed by atoms with Crippen molar-refractivity contribution in [2.24, 2.45) is 5.41 Å². The van der Waals surface area contributed by atoms with Gasteiger partial charge in [-0.1, -0.05) is 83.4 Å². The number of carbonyl (C=O) groups is 3. The maximum Gasteiger partial charge on any atom is 0.481 e. The largest absolute Gasteiger partial charge is 0.481 e. The molecule has 2 aromatic rings. The number of carbonyl (C=O) groups excluding carboxylic acids is 3. The predicted octanol–water partition coefficient (Wildman–Crippen LogP) is 2.59. The zero-order chi connectivity index (χ0) is 46.8.